The normalized spacial score (nSPS) is 10.4. The van der Waals surface area contributed by atoms with E-state index in [9.17, 15) is 14.7 Å². The van der Waals surface area contributed by atoms with Gasteiger partial charge in [-0.25, -0.2) is 14.7 Å². The van der Waals surface area contributed by atoms with Gasteiger partial charge in [-0.15, -0.1) is 0 Å². The van der Waals surface area contributed by atoms with Crippen LogP contribution < -0.4 is 0 Å². The summed E-state index contributed by atoms with van der Waals surface area (Å²) < 4.78 is 4.70. The first kappa shape index (κ1) is 12.7. The molecule has 0 fully saturated rings. The molecule has 4 nitrogen and oxygen atoms in total. The van der Waals surface area contributed by atoms with Gasteiger partial charge in [0.15, 0.2) is 0 Å². The van der Waals surface area contributed by atoms with Gasteiger partial charge in [0.2, 0.25) is 0 Å². The minimum atomic E-state index is -1.40. The number of hydrogen-bond acceptors (Lipinski definition) is 3. The highest BCUT2D eigenvalue weighted by molar-refractivity contribution is 5.90. The standard InChI is InChI=1S/C10H14O4/c1-2-3-4-5-8-14-10(13)7-6-9(11)12/h6-7H,1-5,8H2/b7-6-. The van der Waals surface area contributed by atoms with Crippen molar-refractivity contribution in [2.45, 2.75) is 25.7 Å². The van der Waals surface area contributed by atoms with Crippen molar-refractivity contribution in [3.63, 3.8) is 0 Å². The van der Waals surface area contributed by atoms with Crippen LogP contribution in [0, 0.1) is 6.92 Å². The third-order valence-corrected chi connectivity index (χ3v) is 1.49. The molecule has 0 aromatic heterocycles. The Labute approximate surface area is 83.6 Å². The molecule has 14 heavy (non-hydrogen) atoms. The third kappa shape index (κ3) is 8.77. The number of ether oxygens (including phenoxy) is 1. The van der Waals surface area contributed by atoms with Gasteiger partial charge in [-0.2, -0.15) is 0 Å². The van der Waals surface area contributed by atoms with Crippen LogP contribution in [-0.4, -0.2) is 18.5 Å². The van der Waals surface area contributed by atoms with Crippen LogP contribution in [-0.2, 0) is 19.4 Å². The maximum atomic E-state index is 10.8. The van der Waals surface area contributed by atoms with Gasteiger partial charge in [-0.05, 0) is 6.42 Å². The molecule has 0 N–H and O–H groups in total. The van der Waals surface area contributed by atoms with E-state index in [1.54, 1.807) is 0 Å². The molecule has 2 radical (unpaired) electrons. The Morgan fingerprint density at radius 3 is 2.43 bits per heavy atom. The van der Waals surface area contributed by atoms with Gasteiger partial charge in [-0.1, -0.05) is 26.2 Å². The Morgan fingerprint density at radius 1 is 1.14 bits per heavy atom. The predicted molar refractivity (Wildman–Crippen MR) is 49.6 cm³/mol. The summed E-state index contributed by atoms with van der Waals surface area (Å²) >= 11 is 0. The molecule has 0 rings (SSSR count). The van der Waals surface area contributed by atoms with Gasteiger partial charge >= 0.3 is 11.9 Å². The quantitative estimate of drug-likeness (QED) is 0.353. The molecule has 0 heterocycles. The molecule has 0 spiro atoms. The highest BCUT2D eigenvalue weighted by Gasteiger charge is 1.98. The second kappa shape index (κ2) is 8.29. The van der Waals surface area contributed by atoms with Crippen LogP contribution in [0.15, 0.2) is 12.2 Å². The lowest BCUT2D eigenvalue weighted by atomic mass is 10.2. The van der Waals surface area contributed by atoms with E-state index in [-0.39, 0.29) is 0 Å². The first-order valence-electron chi connectivity index (χ1n) is 4.52. The molecular weight excluding hydrogens is 184 g/mol. The molecule has 0 saturated heterocycles. The second-order valence-electron chi connectivity index (χ2n) is 2.73. The summed E-state index contributed by atoms with van der Waals surface area (Å²) in [6, 6.07) is 0. The molecule has 0 bridgehead atoms. The van der Waals surface area contributed by atoms with Gasteiger partial charge < -0.3 is 4.74 Å². The molecule has 0 unspecified atom stereocenters. The van der Waals surface area contributed by atoms with Crippen LogP contribution >= 0.6 is 0 Å². The zero-order valence-corrected chi connectivity index (χ0v) is 8.03. The predicted octanol–water partition coefficient (Wildman–Crippen LogP) is 1.44. The monoisotopic (exact) mass is 198 g/mol. The summed E-state index contributed by atoms with van der Waals surface area (Å²) in [4.78, 5) is 20.7. The third-order valence-electron chi connectivity index (χ3n) is 1.49. The molecule has 0 aliphatic heterocycles. The summed E-state index contributed by atoms with van der Waals surface area (Å²) in [6.45, 7) is 3.99. The van der Waals surface area contributed by atoms with Crippen LogP contribution in [0.4, 0.5) is 0 Å². The summed E-state index contributed by atoms with van der Waals surface area (Å²) in [5, 5.41) is 9.91. The fraction of sp³-hybridized carbons (Fsp3) is 0.500. The fourth-order valence-electron chi connectivity index (χ4n) is 0.813. The van der Waals surface area contributed by atoms with Crippen molar-refractivity contribution in [3.05, 3.63) is 19.1 Å². The van der Waals surface area contributed by atoms with E-state index < -0.39 is 11.9 Å². The molecule has 0 aliphatic carbocycles. The van der Waals surface area contributed by atoms with Gasteiger partial charge in [0.25, 0.3) is 0 Å². The number of hydrogen-bond donors (Lipinski definition) is 0. The maximum absolute atomic E-state index is 10.8. The zero-order chi connectivity index (χ0) is 10.8. The number of carbonyl (C=O) groups is 2. The molecule has 0 aromatic rings. The maximum Gasteiger partial charge on any atom is 0.379 e. The lowest BCUT2D eigenvalue weighted by Gasteiger charge is -2.00. The van der Waals surface area contributed by atoms with Crippen LogP contribution in [0.3, 0.4) is 0 Å². The average Bonchev–Trinajstić information content (AvgIpc) is 2.14. The van der Waals surface area contributed by atoms with E-state index in [1.807, 2.05) is 0 Å². The van der Waals surface area contributed by atoms with Gasteiger partial charge in [0.1, 0.15) is 0 Å². The minimum Gasteiger partial charge on any atom is -0.463 e. The molecule has 0 amide bonds. The van der Waals surface area contributed by atoms with Crippen molar-refractivity contribution in [1.82, 2.24) is 0 Å². The number of esters is 1. The smallest absolute Gasteiger partial charge is 0.379 e. The largest absolute Gasteiger partial charge is 0.463 e. The fourth-order valence-corrected chi connectivity index (χ4v) is 0.813. The molecule has 4 heteroatoms. The molecule has 78 valence electrons. The van der Waals surface area contributed by atoms with Crippen molar-refractivity contribution in [2.24, 2.45) is 0 Å². The van der Waals surface area contributed by atoms with Crippen LogP contribution in [0.5, 0.6) is 0 Å². The molecule has 0 saturated carbocycles. The summed E-state index contributed by atoms with van der Waals surface area (Å²) in [7, 11) is 0. The van der Waals surface area contributed by atoms with E-state index in [1.165, 1.54) is 0 Å². The van der Waals surface area contributed by atoms with Gasteiger partial charge in [0, 0.05) is 12.2 Å². The van der Waals surface area contributed by atoms with Gasteiger partial charge in [0.05, 0.1) is 6.61 Å². The Balaban J connectivity index is 3.40. The Bertz CT molecular complexity index is 208. The van der Waals surface area contributed by atoms with E-state index in [4.69, 9.17) is 4.74 Å². The average molecular weight is 198 g/mol. The van der Waals surface area contributed by atoms with Crippen LogP contribution in [0.1, 0.15) is 25.7 Å². The molecule has 0 aliphatic rings. The van der Waals surface area contributed by atoms with E-state index >= 15 is 0 Å². The Kier molecular flexibility index (Phi) is 7.50. The van der Waals surface area contributed by atoms with Crippen molar-refractivity contribution >= 4 is 11.9 Å². The molecular formula is C10H14O4. The first-order valence-corrected chi connectivity index (χ1v) is 4.52. The van der Waals surface area contributed by atoms with Gasteiger partial charge in [-0.3, -0.25) is 0 Å². The highest BCUT2D eigenvalue weighted by atomic mass is 16.5. The second-order valence-corrected chi connectivity index (χ2v) is 2.73. The van der Waals surface area contributed by atoms with Crippen molar-refractivity contribution < 1.29 is 19.4 Å². The summed E-state index contributed by atoms with van der Waals surface area (Å²) in [5.41, 5.74) is 0. The van der Waals surface area contributed by atoms with E-state index in [2.05, 4.69) is 6.92 Å². The number of unbranched alkanes of at least 4 members (excludes halogenated alkanes) is 3. The van der Waals surface area contributed by atoms with Crippen molar-refractivity contribution in [1.29, 1.82) is 0 Å². The molecule has 0 aromatic carbocycles. The van der Waals surface area contributed by atoms with Crippen molar-refractivity contribution in [3.8, 4) is 0 Å². The number of rotatable bonds is 7. The lowest BCUT2D eigenvalue weighted by molar-refractivity contribution is -0.140. The highest BCUT2D eigenvalue weighted by Crippen LogP contribution is 1.98. The lowest BCUT2D eigenvalue weighted by Crippen LogP contribution is -2.03. The van der Waals surface area contributed by atoms with E-state index in [0.29, 0.717) is 12.7 Å². The van der Waals surface area contributed by atoms with Crippen LogP contribution in [0.25, 0.3) is 0 Å². The summed E-state index contributed by atoms with van der Waals surface area (Å²) in [5.74, 6) is -2.05. The first-order chi connectivity index (χ1) is 6.66. The minimum absolute atomic E-state index is 0.316. The zero-order valence-electron chi connectivity index (χ0n) is 8.03. The topological polar surface area (TPSA) is 63.3 Å². The van der Waals surface area contributed by atoms with Crippen LogP contribution in [0.2, 0.25) is 0 Å². The van der Waals surface area contributed by atoms with Crippen molar-refractivity contribution in [2.75, 3.05) is 6.61 Å². The SMILES string of the molecule is [CH2]CCCCCOC(=O)/C=C\C([O])=O. The Hall–Kier alpha value is -1.32. The number of carbonyl (C=O) groups excluding carboxylic acids is 2. The summed E-state index contributed by atoms with van der Waals surface area (Å²) in [6.07, 6.45) is 5.11. The Morgan fingerprint density at radius 2 is 1.86 bits per heavy atom. The molecule has 0 atom stereocenters. The van der Waals surface area contributed by atoms with E-state index in [0.717, 1.165) is 31.8 Å².